The van der Waals surface area contributed by atoms with Crippen molar-refractivity contribution in [3.05, 3.63) is 181 Å². The molecule has 6 nitrogen and oxygen atoms in total. The van der Waals surface area contributed by atoms with Crippen molar-refractivity contribution in [2.24, 2.45) is 4.99 Å². The Labute approximate surface area is 292 Å². The molecule has 0 radical (unpaired) electrons. The number of aromatic nitrogens is 4. The van der Waals surface area contributed by atoms with E-state index in [1.807, 2.05) is 60.7 Å². The van der Waals surface area contributed by atoms with Gasteiger partial charge in [0.15, 0.2) is 5.84 Å². The normalized spacial score (nSPS) is 12.1. The molecular weight excluding hydrogens is 625 g/mol. The molecule has 10 rings (SSSR count). The number of aromatic amines is 1. The average Bonchev–Trinajstić information content (AvgIpc) is 3.71. The topological polar surface area (TPSA) is 74.8 Å². The predicted octanol–water partition coefficient (Wildman–Crippen LogP) is 10.4. The first kappa shape index (κ1) is 28.9. The lowest BCUT2D eigenvalue weighted by Crippen LogP contribution is -2.17. The van der Waals surface area contributed by atoms with Gasteiger partial charge < -0.3 is 14.1 Å². The second-order valence-electron chi connectivity index (χ2n) is 12.7. The van der Waals surface area contributed by atoms with Crippen molar-refractivity contribution in [3.63, 3.8) is 0 Å². The standard InChI is InChI=1S/C45H30N6/c46-44(49-45-47-36-20-10-7-17-33(36)43(48-45)29-13-3-1-4-14-29)30-23-25-32(26-24-30)51-38-22-12-9-19-35(38)42-40(51)28-27-39-41(42)34-18-8-11-21-37(34)50(39)31-15-5-2-6-16-31/h1-28H,(H2,46,47,48,49). The van der Waals surface area contributed by atoms with Gasteiger partial charge in [0.2, 0.25) is 5.62 Å². The van der Waals surface area contributed by atoms with Crippen molar-refractivity contribution in [3.8, 4) is 22.6 Å². The number of hydrogen-bond acceptors (Lipinski definition) is 2. The van der Waals surface area contributed by atoms with Crippen molar-refractivity contribution in [2.45, 2.75) is 0 Å². The number of amidine groups is 1. The van der Waals surface area contributed by atoms with Gasteiger partial charge in [-0.1, -0.05) is 103 Å². The fourth-order valence-corrected chi connectivity index (χ4v) is 7.57. The molecule has 0 bridgehead atoms. The fraction of sp³-hybridized carbons (Fsp3) is 0. The summed E-state index contributed by atoms with van der Waals surface area (Å²) in [7, 11) is 0. The minimum absolute atomic E-state index is 0.136. The van der Waals surface area contributed by atoms with E-state index in [4.69, 9.17) is 10.4 Å². The van der Waals surface area contributed by atoms with Gasteiger partial charge >= 0.3 is 0 Å². The van der Waals surface area contributed by atoms with Gasteiger partial charge in [-0.25, -0.2) is 4.98 Å². The second kappa shape index (κ2) is 11.5. The molecule has 0 spiro atoms. The molecule has 51 heavy (non-hydrogen) atoms. The molecule has 0 saturated carbocycles. The van der Waals surface area contributed by atoms with Gasteiger partial charge in [-0.3, -0.25) is 5.41 Å². The molecule has 0 fully saturated rings. The monoisotopic (exact) mass is 654 g/mol. The van der Waals surface area contributed by atoms with Gasteiger partial charge in [-0.2, -0.15) is 4.99 Å². The second-order valence-corrected chi connectivity index (χ2v) is 12.7. The van der Waals surface area contributed by atoms with Gasteiger partial charge in [-0.05, 0) is 66.7 Å². The van der Waals surface area contributed by atoms with Crippen molar-refractivity contribution < 1.29 is 0 Å². The maximum atomic E-state index is 8.96. The quantitative estimate of drug-likeness (QED) is 0.144. The van der Waals surface area contributed by atoms with Crippen molar-refractivity contribution in [2.75, 3.05) is 0 Å². The SMILES string of the molecule is N=C(N=c1nc(-c2ccccc2)c2ccccc2[nH]1)c1ccc(-n2c3ccccc3c3c4c5ccccc5n(-c5ccccc5)c4ccc32)cc1. The van der Waals surface area contributed by atoms with Crippen LogP contribution < -0.4 is 5.62 Å². The zero-order chi connectivity index (χ0) is 33.9. The Bertz CT molecular complexity index is 3020. The Morgan fingerprint density at radius 3 is 1.63 bits per heavy atom. The van der Waals surface area contributed by atoms with E-state index < -0.39 is 0 Å². The smallest absolute Gasteiger partial charge is 0.229 e. The van der Waals surface area contributed by atoms with Gasteiger partial charge in [0.05, 0.1) is 33.3 Å². The Kier molecular flexibility index (Phi) is 6.54. The first-order valence-electron chi connectivity index (χ1n) is 17.0. The number of fused-ring (bicyclic) bond motifs is 8. The van der Waals surface area contributed by atoms with Crippen LogP contribution in [0, 0.1) is 5.41 Å². The predicted molar refractivity (Wildman–Crippen MR) is 209 cm³/mol. The third kappa shape index (κ3) is 4.61. The molecule has 3 aromatic heterocycles. The van der Waals surface area contributed by atoms with E-state index in [0.717, 1.165) is 44.6 Å². The summed E-state index contributed by atoms with van der Waals surface area (Å²) in [6.07, 6.45) is 0. The van der Waals surface area contributed by atoms with E-state index in [2.05, 4.69) is 128 Å². The van der Waals surface area contributed by atoms with E-state index >= 15 is 0 Å². The highest BCUT2D eigenvalue weighted by Gasteiger charge is 2.20. The van der Waals surface area contributed by atoms with E-state index in [9.17, 15) is 0 Å². The third-order valence-corrected chi connectivity index (χ3v) is 9.80. The third-order valence-electron chi connectivity index (χ3n) is 9.80. The molecule has 6 heteroatoms. The molecule has 0 atom stereocenters. The fourth-order valence-electron chi connectivity index (χ4n) is 7.57. The van der Waals surface area contributed by atoms with Crippen LogP contribution in [0.15, 0.2) is 175 Å². The Morgan fingerprint density at radius 2 is 1.00 bits per heavy atom. The lowest BCUT2D eigenvalue weighted by atomic mass is 10.1. The summed E-state index contributed by atoms with van der Waals surface area (Å²) in [6, 6.07) is 58.6. The Balaban J connectivity index is 1.11. The molecule has 2 N–H and O–H groups in total. The van der Waals surface area contributed by atoms with Gasteiger partial charge in [-0.15, -0.1) is 0 Å². The summed E-state index contributed by atoms with van der Waals surface area (Å²) in [6.45, 7) is 0. The van der Waals surface area contributed by atoms with E-state index in [1.165, 1.54) is 32.6 Å². The molecule has 0 amide bonds. The van der Waals surface area contributed by atoms with E-state index in [1.54, 1.807) is 0 Å². The highest BCUT2D eigenvalue weighted by Crippen LogP contribution is 2.42. The summed E-state index contributed by atoms with van der Waals surface area (Å²) < 4.78 is 4.69. The molecule has 0 saturated heterocycles. The van der Waals surface area contributed by atoms with Crippen LogP contribution in [0.2, 0.25) is 0 Å². The Morgan fingerprint density at radius 1 is 0.490 bits per heavy atom. The van der Waals surface area contributed by atoms with Crippen molar-refractivity contribution in [1.82, 2.24) is 19.1 Å². The number of para-hydroxylation sites is 4. The summed E-state index contributed by atoms with van der Waals surface area (Å²) >= 11 is 0. The number of nitrogens with zero attached hydrogens (tertiary/aromatic N) is 4. The maximum Gasteiger partial charge on any atom is 0.229 e. The van der Waals surface area contributed by atoms with Crippen LogP contribution in [-0.2, 0) is 0 Å². The van der Waals surface area contributed by atoms with Crippen LogP contribution >= 0.6 is 0 Å². The number of benzene rings is 7. The number of rotatable bonds is 4. The van der Waals surface area contributed by atoms with Gasteiger partial charge in [0, 0.05) is 49.4 Å². The molecule has 0 aliphatic heterocycles. The lowest BCUT2D eigenvalue weighted by Gasteiger charge is -2.10. The molecule has 240 valence electrons. The van der Waals surface area contributed by atoms with Gasteiger partial charge in [0.1, 0.15) is 0 Å². The summed E-state index contributed by atoms with van der Waals surface area (Å²) in [5, 5.41) is 14.9. The number of hydrogen-bond donors (Lipinski definition) is 2. The van der Waals surface area contributed by atoms with Crippen LogP contribution in [-0.4, -0.2) is 24.9 Å². The van der Waals surface area contributed by atoms with Gasteiger partial charge in [0.25, 0.3) is 0 Å². The summed E-state index contributed by atoms with van der Waals surface area (Å²) in [4.78, 5) is 12.8. The van der Waals surface area contributed by atoms with E-state index in [0.29, 0.717) is 11.2 Å². The van der Waals surface area contributed by atoms with Crippen LogP contribution in [0.3, 0.4) is 0 Å². The first-order chi connectivity index (χ1) is 25.2. The molecule has 3 heterocycles. The van der Waals surface area contributed by atoms with E-state index in [-0.39, 0.29) is 5.84 Å². The zero-order valence-corrected chi connectivity index (χ0v) is 27.5. The molecular formula is C45H30N6. The maximum absolute atomic E-state index is 8.96. The van der Waals surface area contributed by atoms with Crippen LogP contribution in [0.5, 0.6) is 0 Å². The highest BCUT2D eigenvalue weighted by molar-refractivity contribution is 6.28. The lowest BCUT2D eigenvalue weighted by molar-refractivity contribution is 1.05. The highest BCUT2D eigenvalue weighted by atomic mass is 15.0. The summed E-state index contributed by atoms with van der Waals surface area (Å²) in [5.74, 6) is 0.136. The molecule has 10 aromatic rings. The molecule has 0 aliphatic carbocycles. The molecule has 0 unspecified atom stereocenters. The number of H-pyrrole nitrogens is 1. The largest absolute Gasteiger partial charge is 0.323 e. The molecule has 7 aromatic carbocycles. The zero-order valence-electron chi connectivity index (χ0n) is 27.5. The van der Waals surface area contributed by atoms with Crippen LogP contribution in [0.4, 0.5) is 0 Å². The van der Waals surface area contributed by atoms with Crippen molar-refractivity contribution in [1.29, 1.82) is 5.41 Å². The minimum atomic E-state index is 0.136. The average molecular weight is 655 g/mol. The number of nitrogens with one attached hydrogen (secondary N) is 2. The van der Waals surface area contributed by atoms with Crippen LogP contribution in [0.25, 0.3) is 77.1 Å². The summed E-state index contributed by atoms with van der Waals surface area (Å²) in [5.41, 5.74) is 10.6. The van der Waals surface area contributed by atoms with Crippen LogP contribution in [0.1, 0.15) is 5.56 Å². The Hall–Kier alpha value is -7.05. The van der Waals surface area contributed by atoms with Crippen molar-refractivity contribution >= 4 is 60.4 Å². The first-order valence-corrected chi connectivity index (χ1v) is 17.0. The minimum Gasteiger partial charge on any atom is -0.323 e. The molecule has 0 aliphatic rings.